The van der Waals surface area contributed by atoms with Gasteiger partial charge in [0.15, 0.2) is 11.5 Å². The zero-order chi connectivity index (χ0) is 14.8. The highest BCUT2D eigenvalue weighted by Crippen LogP contribution is 2.26. The van der Waals surface area contributed by atoms with Crippen molar-refractivity contribution in [3.8, 4) is 0 Å². The molecule has 0 amide bonds. The van der Waals surface area contributed by atoms with Crippen molar-refractivity contribution in [1.29, 1.82) is 0 Å². The fourth-order valence-electron chi connectivity index (χ4n) is 1.88. The quantitative estimate of drug-likeness (QED) is 0.671. The molecule has 0 atom stereocenters. The number of hydrogen-bond donors (Lipinski definition) is 3. The number of imidazole rings is 1. The molecular weight excluding hydrogens is 339 g/mol. The van der Waals surface area contributed by atoms with Gasteiger partial charge in [-0.3, -0.25) is 0 Å². The number of benzene rings is 1. The maximum atomic E-state index is 13.9. The number of anilines is 3. The van der Waals surface area contributed by atoms with E-state index in [0.29, 0.717) is 39.6 Å². The molecule has 3 N–H and O–H groups in total. The normalized spacial score (nSPS) is 10.8. The van der Waals surface area contributed by atoms with E-state index >= 15 is 0 Å². The van der Waals surface area contributed by atoms with E-state index in [1.165, 1.54) is 12.4 Å². The molecule has 0 saturated heterocycles. The largest absolute Gasteiger partial charge is 0.354 e. The Balaban J connectivity index is 2.04. The Morgan fingerprint density at radius 1 is 1.33 bits per heavy atom. The van der Waals surface area contributed by atoms with E-state index in [1.807, 2.05) is 6.92 Å². The second-order valence-corrected chi connectivity index (χ2v) is 5.19. The number of hydrogen-bond acceptors (Lipinski definition) is 5. The monoisotopic (exact) mass is 350 g/mol. The lowest BCUT2D eigenvalue weighted by Gasteiger charge is -2.09. The number of H-pyrrole nitrogens is 1. The van der Waals surface area contributed by atoms with Gasteiger partial charge in [0.2, 0.25) is 5.95 Å². The number of nitrogens with zero attached hydrogens (tertiary/aromatic N) is 3. The fourth-order valence-corrected chi connectivity index (χ4v) is 2.21. The molecule has 0 spiro atoms. The van der Waals surface area contributed by atoms with Crippen LogP contribution in [-0.4, -0.2) is 26.5 Å². The third-order valence-corrected chi connectivity index (χ3v) is 3.30. The van der Waals surface area contributed by atoms with E-state index in [1.54, 1.807) is 12.1 Å². The van der Waals surface area contributed by atoms with E-state index in [0.717, 1.165) is 0 Å². The van der Waals surface area contributed by atoms with Gasteiger partial charge in [0.1, 0.15) is 11.3 Å². The standard InChI is InChI=1S/C13H12BrFN6/c1-2-16-13-20-11-10(17-6-18-11)12(21-13)19-9-4-3-7(14)5-8(9)15/h3-6H,2H2,1H3,(H3,16,17,18,19,20,21). The highest BCUT2D eigenvalue weighted by atomic mass is 79.9. The lowest BCUT2D eigenvalue weighted by molar-refractivity contribution is 0.631. The topological polar surface area (TPSA) is 78.5 Å². The van der Waals surface area contributed by atoms with Crippen LogP contribution in [0.5, 0.6) is 0 Å². The molecule has 2 aromatic heterocycles. The molecule has 0 saturated carbocycles. The molecule has 8 heteroatoms. The lowest BCUT2D eigenvalue weighted by Crippen LogP contribution is -2.05. The Labute approximate surface area is 128 Å². The summed E-state index contributed by atoms with van der Waals surface area (Å²) in [5.74, 6) is 0.535. The highest BCUT2D eigenvalue weighted by molar-refractivity contribution is 9.10. The van der Waals surface area contributed by atoms with Crippen molar-refractivity contribution < 1.29 is 4.39 Å². The first-order valence-corrected chi connectivity index (χ1v) is 7.13. The maximum Gasteiger partial charge on any atom is 0.226 e. The number of nitrogens with one attached hydrogen (secondary N) is 3. The van der Waals surface area contributed by atoms with Gasteiger partial charge in [-0.15, -0.1) is 0 Å². The highest BCUT2D eigenvalue weighted by Gasteiger charge is 2.11. The van der Waals surface area contributed by atoms with Crippen LogP contribution in [0.1, 0.15) is 6.92 Å². The Bertz CT molecular complexity index is 787. The summed E-state index contributed by atoms with van der Waals surface area (Å²) in [7, 11) is 0. The van der Waals surface area contributed by atoms with E-state index in [2.05, 4.69) is 46.5 Å². The molecule has 6 nitrogen and oxygen atoms in total. The summed E-state index contributed by atoms with van der Waals surface area (Å²) < 4.78 is 14.6. The molecule has 0 aliphatic carbocycles. The molecule has 108 valence electrons. The van der Waals surface area contributed by atoms with E-state index in [4.69, 9.17) is 0 Å². The fraction of sp³-hybridized carbons (Fsp3) is 0.154. The predicted octanol–water partition coefficient (Wildman–Crippen LogP) is 3.43. The van der Waals surface area contributed by atoms with Crippen molar-refractivity contribution in [2.24, 2.45) is 0 Å². The molecule has 2 heterocycles. The smallest absolute Gasteiger partial charge is 0.226 e. The van der Waals surface area contributed by atoms with Crippen molar-refractivity contribution in [3.05, 3.63) is 34.8 Å². The van der Waals surface area contributed by atoms with Crippen LogP contribution in [0.15, 0.2) is 29.0 Å². The Hall–Kier alpha value is -2.22. The lowest BCUT2D eigenvalue weighted by atomic mass is 10.3. The zero-order valence-electron chi connectivity index (χ0n) is 11.1. The molecule has 0 bridgehead atoms. The second-order valence-electron chi connectivity index (χ2n) is 4.28. The van der Waals surface area contributed by atoms with Gasteiger partial charge in [-0.05, 0) is 25.1 Å². The van der Waals surface area contributed by atoms with Gasteiger partial charge in [0.25, 0.3) is 0 Å². The third kappa shape index (κ3) is 2.80. The summed E-state index contributed by atoms with van der Waals surface area (Å²) in [5, 5.41) is 5.99. The molecule has 0 radical (unpaired) electrons. The van der Waals surface area contributed by atoms with Crippen LogP contribution in [0, 0.1) is 5.82 Å². The van der Waals surface area contributed by atoms with E-state index in [-0.39, 0.29) is 5.82 Å². The predicted molar refractivity (Wildman–Crippen MR) is 83.2 cm³/mol. The summed E-state index contributed by atoms with van der Waals surface area (Å²) in [6, 6.07) is 4.78. The van der Waals surface area contributed by atoms with Gasteiger partial charge in [0.05, 0.1) is 12.0 Å². The van der Waals surface area contributed by atoms with Crippen LogP contribution in [0.25, 0.3) is 11.2 Å². The molecule has 1 aromatic carbocycles. The minimum absolute atomic E-state index is 0.329. The number of fused-ring (bicyclic) bond motifs is 1. The molecule has 0 unspecified atom stereocenters. The Morgan fingerprint density at radius 2 is 2.19 bits per heavy atom. The van der Waals surface area contributed by atoms with Crippen LogP contribution in [-0.2, 0) is 0 Å². The first-order chi connectivity index (χ1) is 10.2. The molecular formula is C13H12BrFN6. The van der Waals surface area contributed by atoms with Crippen LogP contribution in [0.2, 0.25) is 0 Å². The van der Waals surface area contributed by atoms with Crippen molar-refractivity contribution in [1.82, 2.24) is 19.9 Å². The number of aromatic nitrogens is 4. The summed E-state index contributed by atoms with van der Waals surface area (Å²) >= 11 is 3.23. The van der Waals surface area contributed by atoms with Crippen LogP contribution < -0.4 is 10.6 Å². The maximum absolute atomic E-state index is 13.9. The Kier molecular flexibility index (Phi) is 3.70. The third-order valence-electron chi connectivity index (χ3n) is 2.80. The average molecular weight is 351 g/mol. The summed E-state index contributed by atoms with van der Waals surface area (Å²) in [6.45, 7) is 2.63. The van der Waals surface area contributed by atoms with Gasteiger partial charge >= 0.3 is 0 Å². The average Bonchev–Trinajstić information content (AvgIpc) is 2.91. The Morgan fingerprint density at radius 3 is 2.95 bits per heavy atom. The summed E-state index contributed by atoms with van der Waals surface area (Å²) in [4.78, 5) is 15.7. The SMILES string of the molecule is CCNc1nc(Nc2ccc(Br)cc2F)c2[nH]cnc2n1. The van der Waals surface area contributed by atoms with Crippen LogP contribution >= 0.6 is 15.9 Å². The second kappa shape index (κ2) is 5.65. The van der Waals surface area contributed by atoms with Crippen molar-refractivity contribution in [2.75, 3.05) is 17.2 Å². The molecule has 3 aromatic rings. The van der Waals surface area contributed by atoms with Crippen molar-refractivity contribution >= 4 is 44.5 Å². The molecule has 3 rings (SSSR count). The zero-order valence-corrected chi connectivity index (χ0v) is 12.7. The van der Waals surface area contributed by atoms with E-state index in [9.17, 15) is 4.39 Å². The molecule has 21 heavy (non-hydrogen) atoms. The molecule has 0 aliphatic heterocycles. The summed E-state index contributed by atoms with van der Waals surface area (Å²) in [5.41, 5.74) is 1.47. The minimum Gasteiger partial charge on any atom is -0.354 e. The minimum atomic E-state index is -0.374. The van der Waals surface area contributed by atoms with Crippen molar-refractivity contribution in [2.45, 2.75) is 6.92 Å². The number of halogens is 2. The van der Waals surface area contributed by atoms with Gasteiger partial charge in [-0.1, -0.05) is 15.9 Å². The first-order valence-electron chi connectivity index (χ1n) is 6.34. The van der Waals surface area contributed by atoms with Gasteiger partial charge < -0.3 is 15.6 Å². The van der Waals surface area contributed by atoms with E-state index < -0.39 is 0 Å². The molecule has 0 aliphatic rings. The summed E-state index contributed by atoms with van der Waals surface area (Å²) in [6.07, 6.45) is 1.53. The number of aromatic amines is 1. The van der Waals surface area contributed by atoms with Gasteiger partial charge in [0, 0.05) is 11.0 Å². The van der Waals surface area contributed by atoms with Crippen molar-refractivity contribution in [3.63, 3.8) is 0 Å². The van der Waals surface area contributed by atoms with Crippen LogP contribution in [0.3, 0.4) is 0 Å². The first kappa shape index (κ1) is 13.7. The van der Waals surface area contributed by atoms with Gasteiger partial charge in [-0.2, -0.15) is 9.97 Å². The van der Waals surface area contributed by atoms with Gasteiger partial charge in [-0.25, -0.2) is 9.37 Å². The molecule has 0 fully saturated rings. The van der Waals surface area contributed by atoms with Crippen LogP contribution in [0.4, 0.5) is 21.8 Å². The number of rotatable bonds is 4.